The van der Waals surface area contributed by atoms with Crippen molar-refractivity contribution < 1.29 is 15.0 Å². The van der Waals surface area contributed by atoms with Crippen molar-refractivity contribution in [3.8, 4) is 0 Å². The number of halogens is 1. The van der Waals surface area contributed by atoms with E-state index in [2.05, 4.69) is 5.32 Å². The number of rotatable bonds is 6. The van der Waals surface area contributed by atoms with Crippen molar-refractivity contribution >= 4 is 18.4 Å². The van der Waals surface area contributed by atoms with E-state index in [0.717, 1.165) is 24.8 Å². The second-order valence-corrected chi connectivity index (χ2v) is 8.36. The monoisotopic (exact) mass is 365 g/mol. The molecule has 5 heteroatoms. The Bertz CT molecular complexity index is 571. The lowest BCUT2D eigenvalue weighted by atomic mass is 9.47. The number of nitrogens with one attached hydrogen (secondary N) is 1. The van der Waals surface area contributed by atoms with Crippen LogP contribution in [0.5, 0.6) is 0 Å². The molecule has 0 radical (unpaired) electrons. The van der Waals surface area contributed by atoms with Crippen molar-refractivity contribution in [1.29, 1.82) is 0 Å². The lowest BCUT2D eigenvalue weighted by molar-refractivity contribution is -0.152. The molecule has 0 saturated heterocycles. The molecule has 3 N–H and O–H groups in total. The molecule has 5 rings (SSSR count). The molecule has 4 aliphatic rings. The minimum atomic E-state index is -0.758. The summed E-state index contributed by atoms with van der Waals surface area (Å²) in [6.45, 7) is -0.0832. The third-order valence-corrected chi connectivity index (χ3v) is 6.70. The van der Waals surface area contributed by atoms with Crippen molar-refractivity contribution in [3.05, 3.63) is 35.9 Å². The van der Waals surface area contributed by atoms with Gasteiger partial charge in [-0.15, -0.1) is 12.4 Å². The van der Waals surface area contributed by atoms with E-state index in [4.69, 9.17) is 0 Å². The first-order valence-electron chi connectivity index (χ1n) is 9.24. The minimum absolute atomic E-state index is 0. The van der Waals surface area contributed by atoms with Gasteiger partial charge in [-0.25, -0.2) is 0 Å². The van der Waals surface area contributed by atoms with Crippen LogP contribution in [0.25, 0.3) is 0 Å². The van der Waals surface area contributed by atoms with Crippen LogP contribution in [-0.2, 0) is 4.79 Å². The van der Waals surface area contributed by atoms with E-state index in [1.807, 2.05) is 30.3 Å². The fourth-order valence-corrected chi connectivity index (χ4v) is 6.18. The summed E-state index contributed by atoms with van der Waals surface area (Å²) in [5, 5.41) is 23.1. The van der Waals surface area contributed by atoms with Gasteiger partial charge in [0.05, 0.1) is 12.6 Å². The quantitative estimate of drug-likeness (QED) is 0.722. The van der Waals surface area contributed by atoms with E-state index in [1.54, 1.807) is 0 Å². The van der Waals surface area contributed by atoms with Crippen LogP contribution in [0.4, 0.5) is 0 Å². The zero-order chi connectivity index (χ0) is 16.7. The zero-order valence-corrected chi connectivity index (χ0v) is 15.3. The molecule has 1 aromatic rings. The smallest absolute Gasteiger partial charge is 0.321 e. The lowest BCUT2D eigenvalue weighted by Gasteiger charge is -2.59. The molecule has 2 atom stereocenters. The molecule has 0 aromatic heterocycles. The molecule has 0 spiro atoms. The first-order chi connectivity index (χ1) is 11.6. The van der Waals surface area contributed by atoms with Gasteiger partial charge < -0.3 is 10.2 Å². The highest BCUT2D eigenvalue weighted by Crippen LogP contribution is 2.61. The number of hydrogen-bond acceptors (Lipinski definition) is 3. The molecule has 4 aliphatic carbocycles. The van der Waals surface area contributed by atoms with E-state index in [9.17, 15) is 15.0 Å². The van der Waals surface area contributed by atoms with Gasteiger partial charge in [-0.05, 0) is 67.3 Å². The molecule has 1 aromatic carbocycles. The molecule has 4 bridgehead atoms. The molecule has 138 valence electrons. The fraction of sp³-hybridized carbons (Fsp3) is 0.650. The summed E-state index contributed by atoms with van der Waals surface area (Å²) < 4.78 is 0. The highest BCUT2D eigenvalue weighted by molar-refractivity contribution is 5.85. The van der Waals surface area contributed by atoms with E-state index in [-0.39, 0.29) is 30.5 Å². The largest absolute Gasteiger partial charge is 0.480 e. The Morgan fingerprint density at radius 1 is 1.08 bits per heavy atom. The highest BCUT2D eigenvalue weighted by Gasteiger charge is 2.56. The topological polar surface area (TPSA) is 69.6 Å². The number of hydrogen-bond donors (Lipinski definition) is 3. The summed E-state index contributed by atoms with van der Waals surface area (Å²) in [5.41, 5.74) is 0.832. The number of carboxylic acid groups (broad SMARTS) is 1. The molecule has 4 fully saturated rings. The Labute approximate surface area is 155 Å². The fourth-order valence-electron chi connectivity index (χ4n) is 6.18. The van der Waals surface area contributed by atoms with E-state index in [0.29, 0.717) is 17.8 Å². The molecule has 0 unspecified atom stereocenters. The first-order valence-corrected chi connectivity index (χ1v) is 9.24. The number of carbonyl (C=O) groups is 1. The Hall–Kier alpha value is -1.10. The molecule has 4 saturated carbocycles. The molecule has 4 nitrogen and oxygen atoms in total. The Morgan fingerprint density at radius 2 is 1.60 bits per heavy atom. The van der Waals surface area contributed by atoms with Gasteiger partial charge in [-0.1, -0.05) is 30.3 Å². The van der Waals surface area contributed by atoms with E-state index in [1.165, 1.54) is 19.3 Å². The highest BCUT2D eigenvalue weighted by atomic mass is 35.5. The van der Waals surface area contributed by atoms with Crippen molar-refractivity contribution in [1.82, 2.24) is 5.32 Å². The van der Waals surface area contributed by atoms with Gasteiger partial charge in [0.1, 0.15) is 6.04 Å². The Kier molecular flexibility index (Phi) is 5.42. The minimum Gasteiger partial charge on any atom is -0.480 e. The molecule has 0 aliphatic heterocycles. The predicted molar refractivity (Wildman–Crippen MR) is 98.7 cm³/mol. The number of aliphatic carboxylic acids is 1. The van der Waals surface area contributed by atoms with Crippen LogP contribution in [0.15, 0.2) is 30.3 Å². The van der Waals surface area contributed by atoms with Crippen LogP contribution in [0, 0.1) is 23.2 Å². The van der Waals surface area contributed by atoms with Crippen LogP contribution >= 0.6 is 12.4 Å². The average molecular weight is 366 g/mol. The summed E-state index contributed by atoms with van der Waals surface area (Å²) in [6, 6.07) is 8.81. The third-order valence-electron chi connectivity index (χ3n) is 6.70. The second-order valence-electron chi connectivity index (χ2n) is 8.36. The number of aliphatic hydroxyl groups is 1. The van der Waals surface area contributed by atoms with E-state index < -0.39 is 12.0 Å². The van der Waals surface area contributed by atoms with Gasteiger partial charge in [-0.3, -0.25) is 10.1 Å². The first kappa shape index (κ1) is 18.7. The van der Waals surface area contributed by atoms with Gasteiger partial charge in [0.25, 0.3) is 0 Å². The summed E-state index contributed by atoms with van der Waals surface area (Å²) >= 11 is 0. The molecule has 0 heterocycles. The summed E-state index contributed by atoms with van der Waals surface area (Å²) in [5.74, 6) is 1.38. The van der Waals surface area contributed by atoms with Gasteiger partial charge in [0.2, 0.25) is 0 Å². The van der Waals surface area contributed by atoms with Crippen LogP contribution in [0.3, 0.4) is 0 Å². The molecular formula is C20H28ClNO3. The van der Waals surface area contributed by atoms with Crippen molar-refractivity contribution in [2.24, 2.45) is 23.2 Å². The maximum Gasteiger partial charge on any atom is 0.321 e. The summed E-state index contributed by atoms with van der Waals surface area (Å²) in [4.78, 5) is 12.2. The number of carboxylic acids is 1. The predicted octanol–water partition coefficient (Wildman–Crippen LogP) is 3.40. The third kappa shape index (κ3) is 3.44. The Balaban J connectivity index is 0.00000182. The van der Waals surface area contributed by atoms with Gasteiger partial charge in [0, 0.05) is 0 Å². The van der Waals surface area contributed by atoms with Crippen LogP contribution < -0.4 is 5.32 Å². The SMILES string of the molecule is Cl.O=C(O)[C@H](N[C@@H](CO)c1ccccc1)C12CC3CC(CC(C3)C1)C2. The number of benzene rings is 1. The normalized spacial score (nSPS) is 35.0. The summed E-state index contributed by atoms with van der Waals surface area (Å²) in [6.07, 6.45) is 7.01. The van der Waals surface area contributed by atoms with Crippen molar-refractivity contribution in [2.75, 3.05) is 6.61 Å². The van der Waals surface area contributed by atoms with E-state index >= 15 is 0 Å². The average Bonchev–Trinajstić information content (AvgIpc) is 2.54. The van der Waals surface area contributed by atoms with Crippen LogP contribution in [0.2, 0.25) is 0 Å². The molecular weight excluding hydrogens is 338 g/mol. The lowest BCUT2D eigenvalue weighted by Crippen LogP contribution is -2.59. The maximum atomic E-state index is 12.2. The molecule has 0 amide bonds. The second kappa shape index (κ2) is 7.26. The van der Waals surface area contributed by atoms with Crippen molar-refractivity contribution in [2.45, 2.75) is 50.6 Å². The summed E-state index contributed by atoms with van der Waals surface area (Å²) in [7, 11) is 0. The zero-order valence-electron chi connectivity index (χ0n) is 14.4. The van der Waals surface area contributed by atoms with Gasteiger partial charge in [-0.2, -0.15) is 0 Å². The van der Waals surface area contributed by atoms with Gasteiger partial charge >= 0.3 is 5.97 Å². The molecule has 25 heavy (non-hydrogen) atoms. The van der Waals surface area contributed by atoms with Crippen LogP contribution in [-0.4, -0.2) is 28.8 Å². The standard InChI is InChI=1S/C20H27NO3.ClH/c22-12-17(16-4-2-1-3-5-16)21-18(19(23)24)20-9-13-6-14(10-20)8-15(7-13)11-20;/h1-5,13-15,17-18,21-22H,6-12H2,(H,23,24);1H/t13?,14?,15?,17-,18-,20?;/m0./s1. The Morgan fingerprint density at radius 3 is 2.04 bits per heavy atom. The van der Waals surface area contributed by atoms with Crippen molar-refractivity contribution in [3.63, 3.8) is 0 Å². The van der Waals surface area contributed by atoms with Crippen LogP contribution in [0.1, 0.15) is 50.1 Å². The number of aliphatic hydroxyl groups excluding tert-OH is 1. The van der Waals surface area contributed by atoms with Gasteiger partial charge in [0.15, 0.2) is 0 Å². The maximum absolute atomic E-state index is 12.2.